The lowest BCUT2D eigenvalue weighted by molar-refractivity contribution is -0.144. The van der Waals surface area contributed by atoms with Crippen molar-refractivity contribution in [3.05, 3.63) is 24.3 Å². The standard InChI is InChI=1S/C14H20O3/c1-3-5-6-7-12-11(8-9-13(12)15)10-14(16)17-4-2/h5-6,8-9,11-12H,3-4,7,10H2,1-2H3/b6-5-/t11-,12+/m0/s1. The Morgan fingerprint density at radius 3 is 2.82 bits per heavy atom. The summed E-state index contributed by atoms with van der Waals surface area (Å²) in [5.41, 5.74) is 0. The van der Waals surface area contributed by atoms with Crippen LogP contribution in [0.1, 0.15) is 33.1 Å². The van der Waals surface area contributed by atoms with E-state index in [-0.39, 0.29) is 23.6 Å². The van der Waals surface area contributed by atoms with Crippen LogP contribution < -0.4 is 0 Å². The minimum absolute atomic E-state index is 0.00283. The van der Waals surface area contributed by atoms with E-state index in [0.29, 0.717) is 19.4 Å². The van der Waals surface area contributed by atoms with Crippen molar-refractivity contribution in [3.8, 4) is 0 Å². The minimum atomic E-state index is -0.221. The Morgan fingerprint density at radius 1 is 1.41 bits per heavy atom. The number of ether oxygens (including phenoxy) is 1. The van der Waals surface area contributed by atoms with Gasteiger partial charge in [-0.25, -0.2) is 0 Å². The van der Waals surface area contributed by atoms with E-state index in [4.69, 9.17) is 4.74 Å². The van der Waals surface area contributed by atoms with Crippen LogP contribution in [0.2, 0.25) is 0 Å². The average molecular weight is 236 g/mol. The van der Waals surface area contributed by atoms with Gasteiger partial charge in [0.15, 0.2) is 5.78 Å². The maximum absolute atomic E-state index is 11.6. The average Bonchev–Trinajstić information content (AvgIpc) is 2.62. The predicted octanol–water partition coefficient (Wildman–Crippen LogP) is 2.67. The summed E-state index contributed by atoms with van der Waals surface area (Å²) in [6.45, 7) is 4.24. The molecule has 0 N–H and O–H groups in total. The highest BCUT2D eigenvalue weighted by molar-refractivity contribution is 5.95. The second kappa shape index (κ2) is 7.05. The molecule has 94 valence electrons. The molecule has 0 spiro atoms. The Morgan fingerprint density at radius 2 is 2.18 bits per heavy atom. The maximum atomic E-state index is 11.6. The molecule has 0 heterocycles. The molecule has 1 aliphatic carbocycles. The Bertz CT molecular complexity index is 328. The Balaban J connectivity index is 2.52. The molecule has 3 heteroatoms. The molecule has 0 fully saturated rings. The first-order chi connectivity index (χ1) is 8.19. The van der Waals surface area contributed by atoms with Crippen LogP contribution in [0.15, 0.2) is 24.3 Å². The molecule has 0 aromatic heterocycles. The third kappa shape index (κ3) is 4.17. The van der Waals surface area contributed by atoms with Crippen LogP contribution in [-0.4, -0.2) is 18.4 Å². The first-order valence-corrected chi connectivity index (χ1v) is 6.21. The van der Waals surface area contributed by atoms with Crippen LogP contribution in [-0.2, 0) is 14.3 Å². The molecule has 1 rings (SSSR count). The minimum Gasteiger partial charge on any atom is -0.466 e. The number of ketones is 1. The van der Waals surface area contributed by atoms with Gasteiger partial charge in [-0.15, -0.1) is 0 Å². The Labute approximate surface area is 103 Å². The summed E-state index contributed by atoms with van der Waals surface area (Å²) in [6.07, 6.45) is 9.49. The molecule has 0 aromatic carbocycles. The van der Waals surface area contributed by atoms with E-state index in [1.165, 1.54) is 0 Å². The zero-order valence-electron chi connectivity index (χ0n) is 10.5. The molecule has 0 aliphatic heterocycles. The molecule has 3 nitrogen and oxygen atoms in total. The van der Waals surface area contributed by atoms with Gasteiger partial charge in [0.25, 0.3) is 0 Å². The normalized spacial score (nSPS) is 23.5. The fourth-order valence-electron chi connectivity index (χ4n) is 2.01. The van der Waals surface area contributed by atoms with Crippen LogP contribution in [0.5, 0.6) is 0 Å². The molecular weight excluding hydrogens is 216 g/mol. The second-order valence-corrected chi connectivity index (χ2v) is 4.16. The van der Waals surface area contributed by atoms with Crippen molar-refractivity contribution in [1.29, 1.82) is 0 Å². The maximum Gasteiger partial charge on any atom is 0.306 e. The zero-order chi connectivity index (χ0) is 12.7. The van der Waals surface area contributed by atoms with E-state index in [1.54, 1.807) is 13.0 Å². The van der Waals surface area contributed by atoms with Gasteiger partial charge < -0.3 is 4.74 Å². The summed E-state index contributed by atoms with van der Waals surface area (Å²) in [5, 5.41) is 0. The molecule has 0 saturated heterocycles. The highest BCUT2D eigenvalue weighted by Gasteiger charge is 2.30. The number of carbonyl (C=O) groups excluding carboxylic acids is 2. The summed E-state index contributed by atoms with van der Waals surface area (Å²) in [4.78, 5) is 23.0. The van der Waals surface area contributed by atoms with Gasteiger partial charge in [-0.05, 0) is 31.8 Å². The summed E-state index contributed by atoms with van der Waals surface area (Å²) in [5.74, 6) is -0.174. The van der Waals surface area contributed by atoms with Crippen molar-refractivity contribution in [2.24, 2.45) is 11.8 Å². The van der Waals surface area contributed by atoms with E-state index in [0.717, 1.165) is 6.42 Å². The fraction of sp³-hybridized carbons (Fsp3) is 0.571. The second-order valence-electron chi connectivity index (χ2n) is 4.16. The molecule has 0 unspecified atom stereocenters. The predicted molar refractivity (Wildman–Crippen MR) is 66.4 cm³/mol. The van der Waals surface area contributed by atoms with Crippen LogP contribution in [0, 0.1) is 11.8 Å². The number of allylic oxidation sites excluding steroid dienone is 4. The molecule has 1 aliphatic rings. The van der Waals surface area contributed by atoms with E-state index in [9.17, 15) is 9.59 Å². The van der Waals surface area contributed by atoms with Crippen molar-refractivity contribution in [2.45, 2.75) is 33.1 Å². The van der Waals surface area contributed by atoms with Gasteiger partial charge in [0.2, 0.25) is 0 Å². The lowest BCUT2D eigenvalue weighted by atomic mass is 9.89. The van der Waals surface area contributed by atoms with Crippen molar-refractivity contribution in [3.63, 3.8) is 0 Å². The molecule has 17 heavy (non-hydrogen) atoms. The summed E-state index contributed by atoms with van der Waals surface area (Å²) in [7, 11) is 0. The van der Waals surface area contributed by atoms with Crippen molar-refractivity contribution in [1.82, 2.24) is 0 Å². The molecule has 0 aromatic rings. The molecule has 2 atom stereocenters. The van der Waals surface area contributed by atoms with Crippen LogP contribution in [0.4, 0.5) is 0 Å². The highest BCUT2D eigenvalue weighted by Crippen LogP contribution is 2.29. The quantitative estimate of drug-likeness (QED) is 0.526. The van der Waals surface area contributed by atoms with Gasteiger partial charge in [0.1, 0.15) is 0 Å². The molecule has 0 bridgehead atoms. The van der Waals surface area contributed by atoms with Crippen molar-refractivity contribution < 1.29 is 14.3 Å². The molecule has 0 radical (unpaired) electrons. The Hall–Kier alpha value is -1.38. The fourth-order valence-corrected chi connectivity index (χ4v) is 2.01. The van der Waals surface area contributed by atoms with Crippen LogP contribution >= 0.6 is 0 Å². The van der Waals surface area contributed by atoms with E-state index in [1.807, 2.05) is 18.2 Å². The monoisotopic (exact) mass is 236 g/mol. The number of hydrogen-bond acceptors (Lipinski definition) is 3. The van der Waals surface area contributed by atoms with Gasteiger partial charge in [-0.2, -0.15) is 0 Å². The molecule has 0 saturated carbocycles. The summed E-state index contributed by atoms with van der Waals surface area (Å²) < 4.78 is 4.91. The van der Waals surface area contributed by atoms with Gasteiger partial charge in [0.05, 0.1) is 13.0 Å². The first-order valence-electron chi connectivity index (χ1n) is 6.21. The third-order valence-electron chi connectivity index (χ3n) is 2.89. The number of hydrogen-bond donors (Lipinski definition) is 0. The van der Waals surface area contributed by atoms with Gasteiger partial charge in [-0.3, -0.25) is 9.59 Å². The van der Waals surface area contributed by atoms with E-state index >= 15 is 0 Å². The lowest BCUT2D eigenvalue weighted by Crippen LogP contribution is -2.19. The van der Waals surface area contributed by atoms with Crippen molar-refractivity contribution >= 4 is 11.8 Å². The Kier molecular flexibility index (Phi) is 5.67. The summed E-state index contributed by atoms with van der Waals surface area (Å²) >= 11 is 0. The number of esters is 1. The van der Waals surface area contributed by atoms with E-state index < -0.39 is 0 Å². The van der Waals surface area contributed by atoms with Gasteiger partial charge in [-0.1, -0.05) is 25.2 Å². The SMILES string of the molecule is CC/C=C\C[C@H]1C(=O)C=C[C@H]1CC(=O)OCC. The van der Waals surface area contributed by atoms with Crippen LogP contribution in [0.3, 0.4) is 0 Å². The largest absolute Gasteiger partial charge is 0.466 e. The van der Waals surface area contributed by atoms with Gasteiger partial charge in [0, 0.05) is 5.92 Å². The number of carbonyl (C=O) groups is 2. The highest BCUT2D eigenvalue weighted by atomic mass is 16.5. The molecule has 0 amide bonds. The first kappa shape index (κ1) is 13.7. The van der Waals surface area contributed by atoms with Gasteiger partial charge >= 0.3 is 5.97 Å². The lowest BCUT2D eigenvalue weighted by Gasteiger charge is -2.15. The van der Waals surface area contributed by atoms with E-state index in [2.05, 4.69) is 6.92 Å². The summed E-state index contributed by atoms with van der Waals surface area (Å²) in [6, 6.07) is 0. The third-order valence-corrected chi connectivity index (χ3v) is 2.89. The van der Waals surface area contributed by atoms with Crippen LogP contribution in [0.25, 0.3) is 0 Å². The number of rotatable bonds is 6. The topological polar surface area (TPSA) is 43.4 Å². The smallest absolute Gasteiger partial charge is 0.306 e. The van der Waals surface area contributed by atoms with Crippen molar-refractivity contribution in [2.75, 3.05) is 6.61 Å². The zero-order valence-corrected chi connectivity index (χ0v) is 10.5. The molecular formula is C14H20O3.